The molecule has 7 nitrogen and oxygen atoms in total. The number of aliphatic hydroxyl groups is 2. The number of rotatable bonds is 14. The molecule has 3 N–H and O–H groups in total. The highest BCUT2D eigenvalue weighted by Gasteiger charge is 2.41. The van der Waals surface area contributed by atoms with Crippen molar-refractivity contribution in [3.05, 3.63) is 66.3 Å². The molecule has 0 saturated carbocycles. The lowest BCUT2D eigenvalue weighted by atomic mass is 9.66. The van der Waals surface area contributed by atoms with Crippen molar-refractivity contribution in [1.29, 1.82) is 0 Å². The zero-order chi connectivity index (χ0) is 27.7. The van der Waals surface area contributed by atoms with Crippen LogP contribution >= 0.6 is 0 Å². The normalized spacial score (nSPS) is 24.9. The van der Waals surface area contributed by atoms with Gasteiger partial charge in [-0.15, -0.1) is 6.58 Å². The first-order valence-electron chi connectivity index (χ1n) is 13.8. The fourth-order valence-electron chi connectivity index (χ4n) is 5.67. The van der Waals surface area contributed by atoms with Gasteiger partial charge in [-0.3, -0.25) is 4.79 Å². The van der Waals surface area contributed by atoms with E-state index in [0.717, 1.165) is 24.0 Å². The number of carboxylic acid groups (broad SMARTS) is 1. The van der Waals surface area contributed by atoms with Crippen molar-refractivity contribution in [3.63, 3.8) is 0 Å². The molecule has 3 rings (SSSR count). The van der Waals surface area contributed by atoms with Gasteiger partial charge in [-0.2, -0.15) is 0 Å². The van der Waals surface area contributed by atoms with Crippen LogP contribution in [0.5, 0.6) is 5.75 Å². The molecule has 2 aliphatic carbocycles. The minimum atomic E-state index is -1.09. The van der Waals surface area contributed by atoms with Crippen LogP contribution in [-0.4, -0.2) is 51.7 Å². The van der Waals surface area contributed by atoms with Crippen LogP contribution in [-0.2, 0) is 20.7 Å². The minimum Gasteiger partial charge on any atom is -0.481 e. The summed E-state index contributed by atoms with van der Waals surface area (Å²) in [5, 5.41) is 29.2. The molecule has 0 amide bonds. The predicted molar refractivity (Wildman–Crippen MR) is 146 cm³/mol. The number of carbonyl (C=O) groups is 2. The number of ether oxygens (including phenoxy) is 2. The predicted octanol–water partition coefficient (Wildman–Crippen LogP) is 5.01. The van der Waals surface area contributed by atoms with Gasteiger partial charge in [0.25, 0.3) is 0 Å². The second kappa shape index (κ2) is 14.3. The number of hydrogen-bond donors (Lipinski definition) is 3. The van der Waals surface area contributed by atoms with E-state index in [-0.39, 0.29) is 42.7 Å². The van der Waals surface area contributed by atoms with Gasteiger partial charge in [-0.25, -0.2) is 4.79 Å². The van der Waals surface area contributed by atoms with E-state index in [1.54, 1.807) is 6.08 Å². The molecule has 7 heteroatoms. The Morgan fingerprint density at radius 2 is 1.97 bits per heavy atom. The minimum absolute atomic E-state index is 0.00870. The maximum atomic E-state index is 13.3. The van der Waals surface area contributed by atoms with Gasteiger partial charge in [-0.1, -0.05) is 56.4 Å². The van der Waals surface area contributed by atoms with E-state index < -0.39 is 24.3 Å². The number of aliphatic carboxylic acids is 1. The molecule has 0 spiro atoms. The molecule has 7 unspecified atom stereocenters. The average Bonchev–Trinajstić information content (AvgIpc) is 2.87. The third kappa shape index (κ3) is 8.05. The van der Waals surface area contributed by atoms with E-state index in [0.29, 0.717) is 31.4 Å². The number of benzene rings is 1. The molecule has 1 aromatic rings. The monoisotopic (exact) mass is 526 g/mol. The quantitative estimate of drug-likeness (QED) is 0.231. The van der Waals surface area contributed by atoms with Gasteiger partial charge in [0.05, 0.1) is 18.6 Å². The van der Waals surface area contributed by atoms with Gasteiger partial charge in [-0.05, 0) is 74.0 Å². The lowest BCUT2D eigenvalue weighted by molar-refractivity contribution is -0.162. The Morgan fingerprint density at radius 1 is 1.21 bits per heavy atom. The van der Waals surface area contributed by atoms with E-state index in [1.807, 2.05) is 31.2 Å². The van der Waals surface area contributed by atoms with Crippen LogP contribution in [0.4, 0.5) is 0 Å². The third-order valence-corrected chi connectivity index (χ3v) is 7.64. The summed E-state index contributed by atoms with van der Waals surface area (Å²) in [5.41, 5.74) is 2.12. The van der Waals surface area contributed by atoms with Crippen molar-refractivity contribution in [2.75, 3.05) is 0 Å². The first kappa shape index (κ1) is 29.7. The Balaban J connectivity index is 1.68. The van der Waals surface area contributed by atoms with E-state index in [2.05, 4.69) is 31.7 Å². The van der Waals surface area contributed by atoms with Crippen molar-refractivity contribution >= 4 is 11.9 Å². The number of para-hydroxylation sites is 1. The highest BCUT2D eigenvalue weighted by molar-refractivity contribution is 5.75. The summed E-state index contributed by atoms with van der Waals surface area (Å²) in [6.45, 7) is 7.84. The Labute approximate surface area is 225 Å². The lowest BCUT2D eigenvalue weighted by Gasteiger charge is -2.42. The number of allylic oxidation sites excluding steroid dienone is 4. The largest absolute Gasteiger partial charge is 0.481 e. The zero-order valence-electron chi connectivity index (χ0n) is 22.5. The average molecular weight is 527 g/mol. The Kier molecular flexibility index (Phi) is 11.2. The summed E-state index contributed by atoms with van der Waals surface area (Å²) < 4.78 is 12.3. The molecule has 1 aromatic carbocycles. The molecule has 0 bridgehead atoms. The van der Waals surface area contributed by atoms with Gasteiger partial charge < -0.3 is 24.8 Å². The van der Waals surface area contributed by atoms with E-state index in [4.69, 9.17) is 14.6 Å². The second-order valence-corrected chi connectivity index (χ2v) is 10.5. The number of carboxylic acids is 1. The number of fused-ring (bicyclic) bond motifs is 1. The molecule has 0 heterocycles. The Morgan fingerprint density at radius 3 is 2.68 bits per heavy atom. The number of carbonyl (C=O) groups excluding carboxylic acids is 1. The van der Waals surface area contributed by atoms with Crippen molar-refractivity contribution in [2.45, 2.75) is 89.6 Å². The number of hydrogen-bond acceptors (Lipinski definition) is 6. The van der Waals surface area contributed by atoms with Crippen LogP contribution in [0.1, 0.15) is 64.4 Å². The van der Waals surface area contributed by atoms with E-state index >= 15 is 0 Å². The van der Waals surface area contributed by atoms with Crippen LogP contribution in [0.25, 0.3) is 0 Å². The number of aliphatic hydroxyl groups excluding tert-OH is 2. The molecule has 2 aliphatic rings. The number of esters is 1. The van der Waals surface area contributed by atoms with Crippen LogP contribution in [0, 0.1) is 17.8 Å². The summed E-state index contributed by atoms with van der Waals surface area (Å²) in [5.74, 6) is -0.427. The summed E-state index contributed by atoms with van der Waals surface area (Å²) in [4.78, 5) is 24.2. The molecule has 0 aromatic heterocycles. The molecule has 0 radical (unpaired) electrons. The van der Waals surface area contributed by atoms with Gasteiger partial charge in [0, 0.05) is 5.92 Å². The molecule has 0 saturated heterocycles. The van der Waals surface area contributed by atoms with Gasteiger partial charge in [0.2, 0.25) is 0 Å². The molecule has 38 heavy (non-hydrogen) atoms. The molecule has 0 fully saturated rings. The summed E-state index contributed by atoms with van der Waals surface area (Å²) in [7, 11) is 0. The molecule has 7 atom stereocenters. The van der Waals surface area contributed by atoms with Crippen LogP contribution in [0.3, 0.4) is 0 Å². The summed E-state index contributed by atoms with van der Waals surface area (Å²) in [6.07, 6.45) is 8.82. The second-order valence-electron chi connectivity index (χ2n) is 10.5. The fourth-order valence-corrected chi connectivity index (χ4v) is 5.67. The van der Waals surface area contributed by atoms with Crippen molar-refractivity contribution in [2.24, 2.45) is 17.8 Å². The summed E-state index contributed by atoms with van der Waals surface area (Å²) in [6, 6.07) is 7.64. The maximum Gasteiger partial charge on any atom is 0.347 e. The standard InChI is InChI=1S/C31H42O7/c1-4-9-21-10-6-7-12-27(21)37-26(5-2)31(36)38-28-13-8-11-22-15-14-20(3)25(30(22)28)17-16-23(32)18-24(33)19-29(34)35/h4,6-7,10-12,14-15,20,23-26,28,30,32-33H,1,5,8-9,13,16-19H2,2-3H3,(H,34,35). The molecule has 208 valence electrons. The first-order chi connectivity index (χ1) is 18.2. The van der Waals surface area contributed by atoms with Crippen molar-refractivity contribution in [1.82, 2.24) is 0 Å². The first-order valence-corrected chi connectivity index (χ1v) is 13.8. The van der Waals surface area contributed by atoms with E-state index in [9.17, 15) is 19.8 Å². The van der Waals surface area contributed by atoms with E-state index in [1.165, 1.54) is 0 Å². The molecular formula is C31H42O7. The summed E-state index contributed by atoms with van der Waals surface area (Å²) >= 11 is 0. The fraction of sp³-hybridized carbons (Fsp3) is 0.548. The van der Waals surface area contributed by atoms with Gasteiger partial charge in [0.15, 0.2) is 6.10 Å². The highest BCUT2D eigenvalue weighted by atomic mass is 16.6. The zero-order valence-corrected chi connectivity index (χ0v) is 22.5. The SMILES string of the molecule is C=CCc1ccccc1OC(CC)C(=O)OC1CCC=C2C=CC(C)C(CCC(O)CC(O)CC(=O)O)C21. The molecule has 0 aliphatic heterocycles. The van der Waals surface area contributed by atoms with Crippen molar-refractivity contribution < 1.29 is 34.4 Å². The van der Waals surface area contributed by atoms with Crippen molar-refractivity contribution in [3.8, 4) is 5.75 Å². The topological polar surface area (TPSA) is 113 Å². The van der Waals surface area contributed by atoms with Gasteiger partial charge in [0.1, 0.15) is 11.9 Å². The Hall–Kier alpha value is -2.90. The lowest BCUT2D eigenvalue weighted by Crippen LogP contribution is -2.42. The third-order valence-electron chi connectivity index (χ3n) is 7.64. The van der Waals surface area contributed by atoms with Gasteiger partial charge >= 0.3 is 11.9 Å². The maximum absolute atomic E-state index is 13.3. The van der Waals surface area contributed by atoms with Crippen LogP contribution < -0.4 is 4.74 Å². The highest BCUT2D eigenvalue weighted by Crippen LogP contribution is 2.44. The van der Waals surface area contributed by atoms with Crippen LogP contribution in [0.15, 0.2) is 60.7 Å². The smallest absolute Gasteiger partial charge is 0.347 e. The Bertz CT molecular complexity index is 1010. The molecular weight excluding hydrogens is 484 g/mol. The van der Waals surface area contributed by atoms with Crippen LogP contribution in [0.2, 0.25) is 0 Å².